The summed E-state index contributed by atoms with van der Waals surface area (Å²) < 4.78 is 0. The minimum atomic E-state index is -0.395. The lowest BCUT2D eigenvalue weighted by Gasteiger charge is -2.23. The lowest BCUT2D eigenvalue weighted by molar-refractivity contribution is -0.133. The Labute approximate surface area is 107 Å². The number of nitrogens with zero attached hydrogens (tertiary/aromatic N) is 1. The van der Waals surface area contributed by atoms with Crippen LogP contribution in [0.1, 0.15) is 26.7 Å². The van der Waals surface area contributed by atoms with Gasteiger partial charge >= 0.3 is 0 Å². The van der Waals surface area contributed by atoms with Crippen LogP contribution in [0, 0.1) is 5.92 Å². The summed E-state index contributed by atoms with van der Waals surface area (Å²) in [6, 6.07) is -0.395. The molecular formula is C12H19ClN2O2. The van der Waals surface area contributed by atoms with Gasteiger partial charge in [0.1, 0.15) is 6.04 Å². The molecule has 96 valence electrons. The first-order chi connectivity index (χ1) is 8.04. The fourth-order valence-electron chi connectivity index (χ4n) is 1.87. The number of rotatable bonds is 4. The largest absolute Gasteiger partial charge is 0.344 e. The van der Waals surface area contributed by atoms with Gasteiger partial charge in [-0.15, -0.1) is 0 Å². The molecule has 17 heavy (non-hydrogen) atoms. The van der Waals surface area contributed by atoms with Gasteiger partial charge in [0.05, 0.1) is 0 Å². The summed E-state index contributed by atoms with van der Waals surface area (Å²) >= 11 is 5.46. The Morgan fingerprint density at radius 2 is 2.24 bits per heavy atom. The number of carbonyl (C=O) groups excluding carboxylic acids is 2. The van der Waals surface area contributed by atoms with Gasteiger partial charge < -0.3 is 10.2 Å². The van der Waals surface area contributed by atoms with Crippen molar-refractivity contribution < 1.29 is 9.59 Å². The van der Waals surface area contributed by atoms with Crippen molar-refractivity contribution in [1.82, 2.24) is 10.2 Å². The van der Waals surface area contributed by atoms with Crippen molar-refractivity contribution in [3.8, 4) is 0 Å². The molecule has 1 N–H and O–H groups in total. The molecule has 1 heterocycles. The van der Waals surface area contributed by atoms with E-state index in [1.165, 1.54) is 5.54 Å². The normalized spacial score (nSPS) is 22.1. The van der Waals surface area contributed by atoms with Gasteiger partial charge in [0, 0.05) is 25.0 Å². The summed E-state index contributed by atoms with van der Waals surface area (Å²) in [7, 11) is 0. The molecular weight excluding hydrogens is 240 g/mol. The van der Waals surface area contributed by atoms with Crippen LogP contribution in [-0.4, -0.2) is 35.8 Å². The van der Waals surface area contributed by atoms with Crippen LogP contribution >= 0.6 is 11.6 Å². The number of hydrogen-bond acceptors (Lipinski definition) is 2. The van der Waals surface area contributed by atoms with Gasteiger partial charge in [0.15, 0.2) is 0 Å². The van der Waals surface area contributed by atoms with Crippen molar-refractivity contribution in [2.75, 3.05) is 13.1 Å². The molecule has 0 saturated carbocycles. The summed E-state index contributed by atoms with van der Waals surface area (Å²) in [4.78, 5) is 25.3. The zero-order valence-corrected chi connectivity index (χ0v) is 11.0. The van der Waals surface area contributed by atoms with Crippen LogP contribution in [0.25, 0.3) is 0 Å². The van der Waals surface area contributed by atoms with E-state index in [0.29, 0.717) is 31.8 Å². The molecule has 0 bridgehead atoms. The summed E-state index contributed by atoms with van der Waals surface area (Å²) in [5.41, 5.74) is 1.39. The highest BCUT2D eigenvalue weighted by Gasteiger charge is 2.29. The van der Waals surface area contributed by atoms with Gasteiger partial charge in [0.2, 0.25) is 11.8 Å². The van der Waals surface area contributed by atoms with Crippen LogP contribution in [0.15, 0.2) is 11.6 Å². The average Bonchev–Trinajstić information content (AvgIpc) is 2.38. The fourth-order valence-corrected chi connectivity index (χ4v) is 1.95. The highest BCUT2D eigenvalue weighted by molar-refractivity contribution is 6.25. The SMILES string of the molecule is CC(C)CC1NC(=O)CCN(C/C=C/Cl)C1=O. The highest BCUT2D eigenvalue weighted by Crippen LogP contribution is 2.11. The molecule has 1 aliphatic heterocycles. The van der Waals surface area contributed by atoms with E-state index in [0.717, 1.165) is 0 Å². The van der Waals surface area contributed by atoms with Gasteiger partial charge in [-0.2, -0.15) is 0 Å². The number of amides is 2. The van der Waals surface area contributed by atoms with E-state index in [9.17, 15) is 9.59 Å². The molecule has 2 amide bonds. The maximum absolute atomic E-state index is 12.2. The minimum absolute atomic E-state index is 0.0145. The molecule has 1 rings (SSSR count). The maximum Gasteiger partial charge on any atom is 0.245 e. The number of carbonyl (C=O) groups is 2. The van der Waals surface area contributed by atoms with Crippen molar-refractivity contribution >= 4 is 23.4 Å². The zero-order valence-electron chi connectivity index (χ0n) is 10.3. The molecule has 0 aromatic heterocycles. The Morgan fingerprint density at radius 3 is 2.82 bits per heavy atom. The Kier molecular flexibility index (Phi) is 5.48. The van der Waals surface area contributed by atoms with Crippen LogP contribution in [0.2, 0.25) is 0 Å². The second kappa shape index (κ2) is 6.64. The van der Waals surface area contributed by atoms with Gasteiger partial charge in [-0.25, -0.2) is 0 Å². The summed E-state index contributed by atoms with van der Waals surface area (Å²) in [5.74, 6) is 0.299. The van der Waals surface area contributed by atoms with E-state index < -0.39 is 6.04 Å². The monoisotopic (exact) mass is 258 g/mol. The first-order valence-corrected chi connectivity index (χ1v) is 6.31. The van der Waals surface area contributed by atoms with Crippen LogP contribution in [-0.2, 0) is 9.59 Å². The molecule has 1 fully saturated rings. The lowest BCUT2D eigenvalue weighted by atomic mass is 10.0. The Hall–Kier alpha value is -1.03. The molecule has 0 aromatic rings. The minimum Gasteiger partial charge on any atom is -0.344 e. The molecule has 0 spiro atoms. The second-order valence-electron chi connectivity index (χ2n) is 4.65. The quantitative estimate of drug-likeness (QED) is 0.831. The van der Waals surface area contributed by atoms with Crippen LogP contribution in [0.4, 0.5) is 0 Å². The fraction of sp³-hybridized carbons (Fsp3) is 0.667. The molecule has 1 aliphatic rings. The van der Waals surface area contributed by atoms with Crippen molar-refractivity contribution in [2.24, 2.45) is 5.92 Å². The smallest absolute Gasteiger partial charge is 0.245 e. The van der Waals surface area contributed by atoms with Crippen molar-refractivity contribution in [3.05, 3.63) is 11.6 Å². The van der Waals surface area contributed by atoms with Gasteiger partial charge in [0.25, 0.3) is 0 Å². The van der Waals surface area contributed by atoms with Gasteiger partial charge in [-0.1, -0.05) is 31.5 Å². The predicted octanol–water partition coefficient (Wildman–Crippen LogP) is 1.50. The van der Waals surface area contributed by atoms with E-state index in [2.05, 4.69) is 5.32 Å². The first kappa shape index (κ1) is 14.0. The summed E-state index contributed by atoms with van der Waals surface area (Å²) in [5, 5.41) is 2.78. The highest BCUT2D eigenvalue weighted by atomic mass is 35.5. The van der Waals surface area contributed by atoms with Crippen molar-refractivity contribution in [1.29, 1.82) is 0 Å². The predicted molar refractivity (Wildman–Crippen MR) is 67.6 cm³/mol. The van der Waals surface area contributed by atoms with Crippen molar-refractivity contribution in [2.45, 2.75) is 32.7 Å². The summed E-state index contributed by atoms with van der Waals surface area (Å²) in [6.45, 7) is 4.99. The molecule has 0 aromatic carbocycles. The third-order valence-electron chi connectivity index (χ3n) is 2.68. The van der Waals surface area contributed by atoms with Gasteiger partial charge in [-0.05, 0) is 12.3 Å². The lowest BCUT2D eigenvalue weighted by Crippen LogP contribution is -2.45. The molecule has 1 unspecified atom stereocenters. The molecule has 4 nitrogen and oxygen atoms in total. The topological polar surface area (TPSA) is 49.4 Å². The number of hydrogen-bond donors (Lipinski definition) is 1. The van der Waals surface area contributed by atoms with E-state index >= 15 is 0 Å². The van der Waals surface area contributed by atoms with E-state index in [-0.39, 0.29) is 11.8 Å². The van der Waals surface area contributed by atoms with E-state index in [1.807, 2.05) is 13.8 Å². The third kappa shape index (κ3) is 4.38. The third-order valence-corrected chi connectivity index (χ3v) is 2.85. The molecule has 5 heteroatoms. The molecule has 1 saturated heterocycles. The average molecular weight is 259 g/mol. The second-order valence-corrected chi connectivity index (χ2v) is 4.90. The van der Waals surface area contributed by atoms with E-state index in [1.54, 1.807) is 11.0 Å². The molecule has 1 atom stereocenters. The zero-order chi connectivity index (χ0) is 12.8. The van der Waals surface area contributed by atoms with Crippen molar-refractivity contribution in [3.63, 3.8) is 0 Å². The Balaban J connectivity index is 2.73. The van der Waals surface area contributed by atoms with Crippen LogP contribution in [0.5, 0.6) is 0 Å². The standard InChI is InChI=1S/C12H19ClN2O2/c1-9(2)8-10-12(17)15(6-3-5-13)7-4-11(16)14-10/h3,5,9-10H,4,6-8H2,1-2H3,(H,14,16)/b5-3+. The molecule has 0 radical (unpaired) electrons. The first-order valence-electron chi connectivity index (χ1n) is 5.88. The molecule has 0 aliphatic carbocycles. The van der Waals surface area contributed by atoms with Crippen LogP contribution in [0.3, 0.4) is 0 Å². The Bertz CT molecular complexity index is 316. The maximum atomic E-state index is 12.2. The van der Waals surface area contributed by atoms with Crippen LogP contribution < -0.4 is 5.32 Å². The number of halogens is 1. The number of nitrogens with one attached hydrogen (secondary N) is 1. The Morgan fingerprint density at radius 1 is 1.53 bits per heavy atom. The summed E-state index contributed by atoms with van der Waals surface area (Å²) in [6.07, 6.45) is 2.74. The van der Waals surface area contributed by atoms with E-state index in [4.69, 9.17) is 11.6 Å². The van der Waals surface area contributed by atoms with Gasteiger partial charge in [-0.3, -0.25) is 9.59 Å².